The fourth-order valence-corrected chi connectivity index (χ4v) is 4.28. The number of benzene rings is 2. The Hall–Kier alpha value is -2.17. The first-order chi connectivity index (χ1) is 12.3. The van der Waals surface area contributed by atoms with Crippen LogP contribution in [0, 0.1) is 5.92 Å². The molecule has 2 aromatic carbocycles. The number of rotatable bonds is 3. The first-order valence-electron chi connectivity index (χ1n) is 8.78. The molecule has 3 heterocycles. The third-order valence-corrected chi connectivity index (χ3v) is 5.71. The number of piperidine rings is 1. The van der Waals surface area contributed by atoms with E-state index in [-0.39, 0.29) is 0 Å². The maximum Gasteiger partial charge on any atom is 0.156 e. The van der Waals surface area contributed by atoms with Crippen molar-refractivity contribution in [3.8, 4) is 11.3 Å². The number of fused-ring (bicyclic) bond motifs is 3. The Morgan fingerprint density at radius 3 is 2.48 bits per heavy atom. The average Bonchev–Trinajstić information content (AvgIpc) is 3.26. The largest absolute Gasteiger partial charge is 0.364 e. The van der Waals surface area contributed by atoms with Crippen LogP contribution in [0.15, 0.2) is 48.5 Å². The van der Waals surface area contributed by atoms with Crippen LogP contribution in [-0.4, -0.2) is 40.8 Å². The minimum absolute atomic E-state index is 0.479. The van der Waals surface area contributed by atoms with Gasteiger partial charge in [-0.1, -0.05) is 48.0 Å². The van der Waals surface area contributed by atoms with Crippen molar-refractivity contribution in [3.05, 3.63) is 53.6 Å². The van der Waals surface area contributed by atoms with Crippen molar-refractivity contribution in [2.45, 2.75) is 12.5 Å². The van der Waals surface area contributed by atoms with E-state index in [0.29, 0.717) is 6.04 Å². The number of hydrogen-bond acceptors (Lipinski definition) is 4. The molecule has 2 fully saturated rings. The molecule has 2 aliphatic heterocycles. The molecule has 126 valence electrons. The molecule has 0 spiro atoms. The zero-order valence-corrected chi connectivity index (χ0v) is 14.6. The Kier molecular flexibility index (Phi) is 3.61. The van der Waals surface area contributed by atoms with Gasteiger partial charge in [-0.15, -0.1) is 10.2 Å². The molecule has 25 heavy (non-hydrogen) atoms. The fraction of sp³-hybridized carbons (Fsp3) is 0.300. The number of aromatic nitrogens is 2. The molecular weight excluding hydrogens is 332 g/mol. The van der Waals surface area contributed by atoms with Gasteiger partial charge in [-0.2, -0.15) is 0 Å². The Labute approximate surface area is 151 Å². The summed E-state index contributed by atoms with van der Waals surface area (Å²) < 4.78 is 0. The van der Waals surface area contributed by atoms with E-state index in [4.69, 9.17) is 11.6 Å². The van der Waals surface area contributed by atoms with Gasteiger partial charge in [-0.05, 0) is 31.0 Å². The van der Waals surface area contributed by atoms with E-state index in [0.717, 1.165) is 45.3 Å². The highest BCUT2D eigenvalue weighted by Gasteiger charge is 2.38. The lowest BCUT2D eigenvalue weighted by Crippen LogP contribution is -2.34. The zero-order valence-electron chi connectivity index (χ0n) is 13.8. The molecule has 5 heteroatoms. The lowest BCUT2D eigenvalue weighted by molar-refractivity contribution is 0.354. The fourth-order valence-electron chi connectivity index (χ4n) is 4.15. The number of halogens is 1. The van der Waals surface area contributed by atoms with Crippen molar-refractivity contribution in [1.82, 2.24) is 15.1 Å². The average molecular weight is 351 g/mol. The number of anilines is 1. The highest BCUT2D eigenvalue weighted by atomic mass is 35.5. The first kappa shape index (κ1) is 15.1. The minimum atomic E-state index is 0.479. The van der Waals surface area contributed by atoms with Crippen LogP contribution in [0.2, 0.25) is 5.02 Å². The molecule has 3 atom stereocenters. The molecule has 3 aromatic rings. The molecule has 5 rings (SSSR count). The molecule has 0 radical (unpaired) electrons. The first-order valence-corrected chi connectivity index (χ1v) is 9.16. The molecule has 0 saturated carbocycles. The predicted octanol–water partition coefficient (Wildman–Crippen LogP) is 4.07. The number of nitrogens with one attached hydrogen (secondary N) is 1. The Balaban J connectivity index is 1.55. The molecule has 4 nitrogen and oxygen atoms in total. The summed E-state index contributed by atoms with van der Waals surface area (Å²) in [6.07, 6.45) is 1.28. The van der Waals surface area contributed by atoms with Crippen molar-refractivity contribution in [2.75, 3.05) is 25.0 Å². The van der Waals surface area contributed by atoms with Crippen molar-refractivity contribution >= 4 is 28.2 Å². The lowest BCUT2D eigenvalue weighted by atomic mass is 9.99. The van der Waals surface area contributed by atoms with Crippen LogP contribution in [0.25, 0.3) is 22.0 Å². The van der Waals surface area contributed by atoms with Crippen molar-refractivity contribution in [3.63, 3.8) is 0 Å². The summed E-state index contributed by atoms with van der Waals surface area (Å²) >= 11 is 6.02. The third-order valence-electron chi connectivity index (χ3n) is 5.46. The van der Waals surface area contributed by atoms with Gasteiger partial charge in [0.15, 0.2) is 5.82 Å². The number of nitrogens with zero attached hydrogens (tertiary/aromatic N) is 3. The quantitative estimate of drug-likeness (QED) is 0.773. The van der Waals surface area contributed by atoms with Gasteiger partial charge >= 0.3 is 0 Å². The van der Waals surface area contributed by atoms with Crippen LogP contribution < -0.4 is 5.32 Å². The van der Waals surface area contributed by atoms with E-state index in [9.17, 15) is 0 Å². The molecule has 0 aliphatic carbocycles. The minimum Gasteiger partial charge on any atom is -0.364 e. The summed E-state index contributed by atoms with van der Waals surface area (Å²) in [7, 11) is 0. The maximum atomic E-state index is 6.02. The Morgan fingerprint density at radius 2 is 1.76 bits per heavy atom. The van der Waals surface area contributed by atoms with Gasteiger partial charge in [0.1, 0.15) is 5.69 Å². The Morgan fingerprint density at radius 1 is 0.960 bits per heavy atom. The molecule has 1 aromatic heterocycles. The maximum absolute atomic E-state index is 6.02. The van der Waals surface area contributed by atoms with Crippen molar-refractivity contribution in [2.24, 2.45) is 5.92 Å². The summed E-state index contributed by atoms with van der Waals surface area (Å²) in [6, 6.07) is 16.6. The van der Waals surface area contributed by atoms with Crippen LogP contribution in [0.1, 0.15) is 6.42 Å². The van der Waals surface area contributed by atoms with E-state index < -0.39 is 0 Å². The summed E-state index contributed by atoms with van der Waals surface area (Å²) in [5.41, 5.74) is 1.93. The second-order valence-corrected chi connectivity index (χ2v) is 7.45. The SMILES string of the molecule is Clc1ccc(-c2nnc(NC3CN4CCC3C4)c3ccccc23)cc1. The topological polar surface area (TPSA) is 41.1 Å². The van der Waals surface area contributed by atoms with Gasteiger partial charge in [0.2, 0.25) is 0 Å². The van der Waals surface area contributed by atoms with Crippen LogP contribution in [0.5, 0.6) is 0 Å². The van der Waals surface area contributed by atoms with Gasteiger partial charge in [0.05, 0.1) is 0 Å². The van der Waals surface area contributed by atoms with E-state index in [1.165, 1.54) is 19.5 Å². The molecule has 2 aliphatic rings. The molecule has 2 bridgehead atoms. The third kappa shape index (κ3) is 2.66. The van der Waals surface area contributed by atoms with Gasteiger partial charge in [-0.25, -0.2) is 0 Å². The van der Waals surface area contributed by atoms with Gasteiger partial charge in [-0.3, -0.25) is 0 Å². The summed E-state index contributed by atoms with van der Waals surface area (Å²) in [6.45, 7) is 3.57. The van der Waals surface area contributed by atoms with E-state index in [1.54, 1.807) is 0 Å². The normalized spacial score (nSPS) is 24.8. The second-order valence-electron chi connectivity index (χ2n) is 7.01. The van der Waals surface area contributed by atoms with Crippen LogP contribution in [0.3, 0.4) is 0 Å². The van der Waals surface area contributed by atoms with E-state index in [1.807, 2.05) is 24.3 Å². The predicted molar refractivity (Wildman–Crippen MR) is 102 cm³/mol. The summed E-state index contributed by atoms with van der Waals surface area (Å²) in [4.78, 5) is 2.53. The second kappa shape index (κ2) is 5.97. The smallest absolute Gasteiger partial charge is 0.156 e. The summed E-state index contributed by atoms with van der Waals surface area (Å²) in [5.74, 6) is 1.63. The molecule has 2 saturated heterocycles. The highest BCUT2D eigenvalue weighted by molar-refractivity contribution is 6.30. The van der Waals surface area contributed by atoms with Gasteiger partial charge < -0.3 is 10.2 Å². The van der Waals surface area contributed by atoms with Crippen LogP contribution >= 0.6 is 11.6 Å². The van der Waals surface area contributed by atoms with Gasteiger partial charge in [0, 0.05) is 40.5 Å². The van der Waals surface area contributed by atoms with Crippen LogP contribution in [-0.2, 0) is 0 Å². The molecule has 1 N–H and O–H groups in total. The van der Waals surface area contributed by atoms with Crippen LogP contribution in [0.4, 0.5) is 5.82 Å². The zero-order chi connectivity index (χ0) is 16.8. The highest BCUT2D eigenvalue weighted by Crippen LogP contribution is 2.34. The van der Waals surface area contributed by atoms with E-state index >= 15 is 0 Å². The van der Waals surface area contributed by atoms with Crippen molar-refractivity contribution in [1.29, 1.82) is 0 Å². The number of hydrogen-bond donors (Lipinski definition) is 1. The Bertz CT molecular complexity index is 925. The summed E-state index contributed by atoms with van der Waals surface area (Å²) in [5, 5.41) is 15.7. The lowest BCUT2D eigenvalue weighted by Gasteiger charge is -2.24. The molecule has 0 amide bonds. The van der Waals surface area contributed by atoms with Crippen molar-refractivity contribution < 1.29 is 0 Å². The molecular formula is C20H19ClN4. The van der Waals surface area contributed by atoms with E-state index in [2.05, 4.69) is 44.7 Å². The van der Waals surface area contributed by atoms with Gasteiger partial charge in [0.25, 0.3) is 0 Å². The monoisotopic (exact) mass is 350 g/mol. The standard InChI is InChI=1S/C20H19ClN4/c21-15-7-5-13(6-8-15)19-16-3-1-2-4-17(16)20(24-23-19)22-18-12-25-10-9-14(18)11-25/h1-8,14,18H,9-12H2,(H,22,24). The molecule has 3 unspecified atom stereocenters.